The summed E-state index contributed by atoms with van der Waals surface area (Å²) in [6, 6.07) is 1.61. The Hall–Kier alpha value is -1.95. The van der Waals surface area contributed by atoms with Gasteiger partial charge in [-0.3, -0.25) is 0 Å². The van der Waals surface area contributed by atoms with Crippen LogP contribution < -0.4 is 9.47 Å². The molecule has 20 heavy (non-hydrogen) atoms. The van der Waals surface area contributed by atoms with E-state index in [-0.39, 0.29) is 12.0 Å². The molecule has 6 heteroatoms. The third kappa shape index (κ3) is 3.33. The fraction of sp³-hybridized carbons (Fsp3) is 0.500. The van der Waals surface area contributed by atoms with E-state index in [1.165, 1.54) is 12.4 Å². The summed E-state index contributed by atoms with van der Waals surface area (Å²) in [5, 5.41) is 11.3. The Bertz CT molecular complexity index is 516. The van der Waals surface area contributed by atoms with E-state index in [1.54, 1.807) is 20.3 Å². The van der Waals surface area contributed by atoms with Gasteiger partial charge in [-0.25, -0.2) is 0 Å². The molecule has 1 aromatic heterocycles. The van der Waals surface area contributed by atoms with Crippen LogP contribution in [-0.4, -0.2) is 38.2 Å². The van der Waals surface area contributed by atoms with Crippen LogP contribution in [0.4, 0.5) is 0 Å². The van der Waals surface area contributed by atoms with Gasteiger partial charge in [0.1, 0.15) is 5.75 Å². The van der Waals surface area contributed by atoms with Crippen LogP contribution in [0.1, 0.15) is 12.0 Å². The van der Waals surface area contributed by atoms with Crippen molar-refractivity contribution in [1.82, 2.24) is 0 Å². The van der Waals surface area contributed by atoms with Crippen LogP contribution in [0.2, 0.25) is 0 Å². The number of nitroso groups, excluding NO2 is 1. The maximum atomic E-state index is 11.5. The fourth-order valence-electron chi connectivity index (χ4n) is 2.43. The monoisotopic (exact) mass is 279 g/mol. The molecule has 108 valence electrons. The van der Waals surface area contributed by atoms with Crippen molar-refractivity contribution in [2.75, 3.05) is 27.3 Å². The van der Waals surface area contributed by atoms with E-state index in [1.807, 2.05) is 12.2 Å². The number of hydrogen-bond acceptors (Lipinski definition) is 4. The molecule has 2 unspecified atom stereocenters. The minimum Gasteiger partial charge on any atom is -0.619 e. The lowest BCUT2D eigenvalue weighted by Gasteiger charge is -2.23. The first-order valence-corrected chi connectivity index (χ1v) is 6.54. The van der Waals surface area contributed by atoms with E-state index in [9.17, 15) is 10.1 Å². The van der Waals surface area contributed by atoms with Gasteiger partial charge in [-0.05, 0) is 10.8 Å². The Morgan fingerprint density at radius 3 is 2.95 bits per heavy atom. The highest BCUT2D eigenvalue weighted by atomic mass is 16.5. The van der Waals surface area contributed by atoms with Crippen molar-refractivity contribution in [3.8, 4) is 5.75 Å². The Morgan fingerprint density at radius 2 is 2.25 bits per heavy atom. The second-order valence-electron chi connectivity index (χ2n) is 4.80. The molecule has 2 rings (SSSR count). The number of rotatable bonds is 4. The third-order valence-electron chi connectivity index (χ3n) is 3.52. The molecule has 6 nitrogen and oxygen atoms in total. The molecular weight excluding hydrogens is 260 g/mol. The highest BCUT2D eigenvalue weighted by Gasteiger charge is 2.32. The number of piperidine rings is 1. The Labute approximate surface area is 117 Å². The smallest absolute Gasteiger partial charge is 0.200 e. The van der Waals surface area contributed by atoms with Gasteiger partial charge in [-0.15, -0.1) is 0 Å². The first-order chi connectivity index (χ1) is 9.63. The van der Waals surface area contributed by atoms with Crippen LogP contribution in [0, 0.1) is 16.0 Å². The van der Waals surface area contributed by atoms with Crippen LogP contribution >= 0.6 is 0 Å². The summed E-state index contributed by atoms with van der Waals surface area (Å²) >= 11 is 0. The highest BCUT2D eigenvalue weighted by Crippen LogP contribution is 2.22. The molecule has 1 aliphatic rings. The molecule has 0 spiro atoms. The lowest BCUT2D eigenvalue weighted by Crippen LogP contribution is -2.37. The van der Waals surface area contributed by atoms with Crippen molar-refractivity contribution in [3.63, 3.8) is 0 Å². The zero-order chi connectivity index (χ0) is 14.5. The molecule has 0 aromatic carbocycles. The minimum absolute atomic E-state index is 0.0104. The van der Waals surface area contributed by atoms with Crippen LogP contribution in [0.15, 0.2) is 24.5 Å². The van der Waals surface area contributed by atoms with Crippen LogP contribution in [0.5, 0.6) is 5.75 Å². The van der Waals surface area contributed by atoms with E-state index in [4.69, 9.17) is 9.47 Å². The molecule has 1 aliphatic heterocycles. The maximum absolute atomic E-state index is 11.5. The summed E-state index contributed by atoms with van der Waals surface area (Å²) in [6.07, 6.45) is 7.29. The van der Waals surface area contributed by atoms with Gasteiger partial charge in [0, 0.05) is 24.5 Å². The van der Waals surface area contributed by atoms with E-state index >= 15 is 0 Å². The molecule has 2 heterocycles. The van der Waals surface area contributed by atoms with Gasteiger partial charge < -0.3 is 14.7 Å². The fourth-order valence-corrected chi connectivity index (χ4v) is 2.43. The Kier molecular flexibility index (Phi) is 4.68. The second kappa shape index (κ2) is 6.47. The van der Waals surface area contributed by atoms with E-state index in [0.29, 0.717) is 30.8 Å². The molecule has 0 aliphatic carbocycles. The predicted octanol–water partition coefficient (Wildman–Crippen LogP) is 1.16. The predicted molar refractivity (Wildman–Crippen MR) is 73.3 cm³/mol. The standard InChI is InChI=1S/C14H19N2O4/c1-19-13-5-7-15(17)9-11(13)3-4-12-10-16(18)8-6-14(12)20-2/h3-5,7,9,12,14H,6,8,10H2,1-2H3/q+1/b4-3+. The van der Waals surface area contributed by atoms with Crippen LogP contribution in [0.3, 0.4) is 0 Å². The number of methoxy groups -OCH3 is 2. The average molecular weight is 279 g/mol. The summed E-state index contributed by atoms with van der Waals surface area (Å²) in [4.78, 5) is 11.5. The molecular formula is C14H19N2O4+. The lowest BCUT2D eigenvalue weighted by molar-refractivity contribution is -0.605. The van der Waals surface area contributed by atoms with E-state index in [0.717, 1.165) is 9.49 Å². The summed E-state index contributed by atoms with van der Waals surface area (Å²) in [5.41, 5.74) is 0.683. The van der Waals surface area contributed by atoms with Gasteiger partial charge in [0.15, 0.2) is 18.9 Å². The second-order valence-corrected chi connectivity index (χ2v) is 4.80. The summed E-state index contributed by atoms with van der Waals surface area (Å²) in [7, 11) is 3.21. The Morgan fingerprint density at radius 1 is 1.45 bits per heavy atom. The van der Waals surface area contributed by atoms with Gasteiger partial charge in [-0.2, -0.15) is 4.73 Å². The van der Waals surface area contributed by atoms with Gasteiger partial charge in [0.2, 0.25) is 6.54 Å². The molecule has 0 bridgehead atoms. The topological polar surface area (TPSA) is 65.5 Å². The van der Waals surface area contributed by atoms with Crippen molar-refractivity contribution in [3.05, 3.63) is 40.2 Å². The van der Waals surface area contributed by atoms with Crippen molar-refractivity contribution in [2.24, 2.45) is 5.92 Å². The van der Waals surface area contributed by atoms with Crippen molar-refractivity contribution in [1.29, 1.82) is 0 Å². The largest absolute Gasteiger partial charge is 0.619 e. The van der Waals surface area contributed by atoms with E-state index < -0.39 is 0 Å². The number of hydrogen-bond donors (Lipinski definition) is 0. The number of aromatic nitrogens is 1. The highest BCUT2D eigenvalue weighted by molar-refractivity contribution is 5.55. The molecule has 0 amide bonds. The molecule has 1 fully saturated rings. The van der Waals surface area contributed by atoms with Gasteiger partial charge in [-0.1, -0.05) is 6.08 Å². The molecule has 1 aromatic rings. The first-order valence-electron chi connectivity index (χ1n) is 6.54. The summed E-state index contributed by atoms with van der Waals surface area (Å²) in [6.45, 7) is 0.902. The summed E-state index contributed by atoms with van der Waals surface area (Å²) in [5.74, 6) is 0.633. The zero-order valence-electron chi connectivity index (χ0n) is 11.7. The average Bonchev–Trinajstić information content (AvgIpc) is 2.45. The van der Waals surface area contributed by atoms with Crippen molar-refractivity contribution in [2.45, 2.75) is 12.5 Å². The molecule has 0 radical (unpaired) electrons. The molecule has 0 N–H and O–H groups in total. The Balaban J connectivity index is 2.18. The number of ether oxygens (including phenoxy) is 2. The maximum Gasteiger partial charge on any atom is 0.200 e. The van der Waals surface area contributed by atoms with Crippen LogP contribution in [-0.2, 0) is 4.74 Å². The van der Waals surface area contributed by atoms with Crippen LogP contribution in [0.25, 0.3) is 6.08 Å². The molecule has 0 saturated carbocycles. The normalized spacial score (nSPS) is 23.2. The minimum atomic E-state index is 0.0104. The van der Waals surface area contributed by atoms with Crippen molar-refractivity contribution < 1.29 is 19.0 Å². The lowest BCUT2D eigenvalue weighted by atomic mass is 9.95. The SMILES string of the molecule is COc1cc[n+]([O-])cc1/C=C/C1C[N+](=O)CCC1OC. The number of nitrogens with zero attached hydrogens (tertiary/aromatic N) is 2. The van der Waals surface area contributed by atoms with Gasteiger partial charge in [0.05, 0.1) is 24.7 Å². The third-order valence-corrected chi connectivity index (χ3v) is 3.52. The van der Waals surface area contributed by atoms with Crippen molar-refractivity contribution >= 4 is 6.08 Å². The zero-order valence-corrected chi connectivity index (χ0v) is 11.7. The summed E-state index contributed by atoms with van der Waals surface area (Å²) < 4.78 is 12.4. The number of pyridine rings is 1. The van der Waals surface area contributed by atoms with E-state index in [2.05, 4.69) is 0 Å². The first kappa shape index (κ1) is 14.5. The molecule has 2 atom stereocenters. The van der Waals surface area contributed by atoms with Gasteiger partial charge in [0.25, 0.3) is 0 Å². The van der Waals surface area contributed by atoms with Gasteiger partial charge >= 0.3 is 0 Å². The quantitative estimate of drug-likeness (QED) is 0.612. The molecule has 1 saturated heterocycles.